The zero-order chi connectivity index (χ0) is 17.2. The highest BCUT2D eigenvalue weighted by Gasteiger charge is 2.26. The summed E-state index contributed by atoms with van der Waals surface area (Å²) in [5, 5.41) is 4.68. The van der Waals surface area contributed by atoms with Crippen molar-refractivity contribution in [2.45, 2.75) is 25.8 Å². The minimum atomic E-state index is -0.162. The van der Waals surface area contributed by atoms with Crippen molar-refractivity contribution in [3.8, 4) is 23.2 Å². The molecule has 0 aromatic carbocycles. The van der Waals surface area contributed by atoms with Gasteiger partial charge in [0.15, 0.2) is 11.6 Å². The van der Waals surface area contributed by atoms with Gasteiger partial charge >= 0.3 is 0 Å². The predicted octanol–water partition coefficient (Wildman–Crippen LogP) is 2.01. The molecule has 1 atom stereocenters. The van der Waals surface area contributed by atoms with Gasteiger partial charge < -0.3 is 14.7 Å². The molecular formula is C17H20N6O2. The Morgan fingerprint density at radius 1 is 1.32 bits per heavy atom. The van der Waals surface area contributed by atoms with E-state index >= 15 is 0 Å². The summed E-state index contributed by atoms with van der Waals surface area (Å²) in [5.74, 6) is 2.22. The maximum absolute atomic E-state index is 11.7. The lowest BCUT2D eigenvalue weighted by Crippen LogP contribution is -2.25. The van der Waals surface area contributed by atoms with E-state index in [0.717, 1.165) is 26.1 Å². The van der Waals surface area contributed by atoms with Crippen LogP contribution in [0, 0.1) is 5.92 Å². The monoisotopic (exact) mass is 340 g/mol. The molecule has 3 aromatic heterocycles. The molecule has 1 aliphatic heterocycles. The lowest BCUT2D eigenvalue weighted by Gasteiger charge is -2.28. The summed E-state index contributed by atoms with van der Waals surface area (Å²) in [5.41, 5.74) is 0.488. The second-order valence-electron chi connectivity index (χ2n) is 6.26. The number of nitrogens with zero attached hydrogens (tertiary/aromatic N) is 4. The number of nitrogens with one attached hydrogen (secondary N) is 2. The number of hydrogen-bond acceptors (Lipinski definition) is 5. The van der Waals surface area contributed by atoms with E-state index in [1.165, 1.54) is 6.07 Å². The molecule has 4 heterocycles. The molecule has 4 rings (SSSR count). The van der Waals surface area contributed by atoms with Crippen molar-refractivity contribution in [1.29, 1.82) is 0 Å². The molecule has 8 heteroatoms. The number of hydrogen-bond donors (Lipinski definition) is 2. The standard InChI is InChI=1S/C17H20N6O2/c1-11(12-5-9-25-10-6-12)23-17(13-3-2-4-14(24)20-13)21-16(22-23)15-18-7-8-19-15/h2-4,7-8,11-12H,5-6,9-10H2,1H3,(H,18,19)(H,20,24). The smallest absolute Gasteiger partial charge is 0.248 e. The van der Waals surface area contributed by atoms with Gasteiger partial charge in [-0.25, -0.2) is 14.6 Å². The summed E-state index contributed by atoms with van der Waals surface area (Å²) in [6.07, 6.45) is 5.38. The third kappa shape index (κ3) is 3.12. The van der Waals surface area contributed by atoms with E-state index in [9.17, 15) is 4.79 Å². The molecular weight excluding hydrogens is 320 g/mol. The van der Waals surface area contributed by atoms with Crippen LogP contribution in [0.15, 0.2) is 35.4 Å². The van der Waals surface area contributed by atoms with Crippen LogP contribution in [-0.2, 0) is 4.74 Å². The average molecular weight is 340 g/mol. The van der Waals surface area contributed by atoms with E-state index in [-0.39, 0.29) is 11.6 Å². The normalized spacial score (nSPS) is 16.8. The van der Waals surface area contributed by atoms with Crippen molar-refractivity contribution in [2.75, 3.05) is 13.2 Å². The first kappa shape index (κ1) is 15.8. The zero-order valence-corrected chi connectivity index (χ0v) is 14.0. The zero-order valence-electron chi connectivity index (χ0n) is 14.0. The summed E-state index contributed by atoms with van der Waals surface area (Å²) in [4.78, 5) is 26.5. The molecule has 1 fully saturated rings. The lowest BCUT2D eigenvalue weighted by molar-refractivity contribution is 0.0498. The van der Waals surface area contributed by atoms with Gasteiger partial charge in [0.05, 0.1) is 11.7 Å². The van der Waals surface area contributed by atoms with Crippen molar-refractivity contribution in [2.24, 2.45) is 5.92 Å². The SMILES string of the molecule is CC(C1CCOCC1)n1nc(-c2ncc[nH]2)nc1-c1cccc(=O)[nH]1. The highest BCUT2D eigenvalue weighted by atomic mass is 16.5. The highest BCUT2D eigenvalue weighted by molar-refractivity contribution is 5.54. The Hall–Kier alpha value is -2.74. The Kier molecular flexibility index (Phi) is 4.19. The van der Waals surface area contributed by atoms with Crippen molar-refractivity contribution in [1.82, 2.24) is 29.7 Å². The Morgan fingerprint density at radius 2 is 2.16 bits per heavy atom. The number of aromatic nitrogens is 6. The highest BCUT2D eigenvalue weighted by Crippen LogP contribution is 2.31. The van der Waals surface area contributed by atoms with E-state index < -0.39 is 0 Å². The fourth-order valence-electron chi connectivity index (χ4n) is 3.25. The summed E-state index contributed by atoms with van der Waals surface area (Å²) >= 11 is 0. The molecule has 0 saturated carbocycles. The van der Waals surface area contributed by atoms with E-state index in [1.807, 2.05) is 10.7 Å². The van der Waals surface area contributed by atoms with Gasteiger partial charge in [-0.2, -0.15) is 0 Å². The molecule has 1 aliphatic rings. The fraction of sp³-hybridized carbons (Fsp3) is 0.412. The minimum absolute atomic E-state index is 0.138. The van der Waals surface area contributed by atoms with Crippen LogP contribution >= 0.6 is 0 Å². The quantitative estimate of drug-likeness (QED) is 0.756. The van der Waals surface area contributed by atoms with Crippen molar-refractivity contribution in [3.63, 3.8) is 0 Å². The number of imidazole rings is 1. The first-order chi connectivity index (χ1) is 12.2. The average Bonchev–Trinajstić information content (AvgIpc) is 3.31. The van der Waals surface area contributed by atoms with Crippen LogP contribution in [0.3, 0.4) is 0 Å². The second kappa shape index (κ2) is 6.64. The van der Waals surface area contributed by atoms with E-state index in [1.54, 1.807) is 18.5 Å². The van der Waals surface area contributed by atoms with Gasteiger partial charge in [0.1, 0.15) is 0 Å². The first-order valence-corrected chi connectivity index (χ1v) is 8.46. The summed E-state index contributed by atoms with van der Waals surface area (Å²) < 4.78 is 7.37. The third-order valence-corrected chi connectivity index (χ3v) is 4.68. The molecule has 0 radical (unpaired) electrons. The number of ether oxygens (including phenoxy) is 1. The summed E-state index contributed by atoms with van der Waals surface area (Å²) in [6.45, 7) is 3.68. The number of pyridine rings is 1. The Morgan fingerprint density at radius 3 is 2.88 bits per heavy atom. The lowest BCUT2D eigenvalue weighted by atomic mass is 9.93. The Balaban J connectivity index is 1.79. The van der Waals surface area contributed by atoms with Gasteiger partial charge in [0.25, 0.3) is 0 Å². The topological polar surface area (TPSA) is 101 Å². The van der Waals surface area contributed by atoms with Crippen LogP contribution < -0.4 is 5.56 Å². The van der Waals surface area contributed by atoms with Crippen LogP contribution in [0.4, 0.5) is 0 Å². The second-order valence-corrected chi connectivity index (χ2v) is 6.26. The number of rotatable bonds is 4. The maximum Gasteiger partial charge on any atom is 0.248 e. The minimum Gasteiger partial charge on any atom is -0.381 e. The van der Waals surface area contributed by atoms with Crippen molar-refractivity contribution < 1.29 is 4.74 Å². The molecule has 0 amide bonds. The molecule has 25 heavy (non-hydrogen) atoms. The largest absolute Gasteiger partial charge is 0.381 e. The summed E-state index contributed by atoms with van der Waals surface area (Å²) in [6, 6.07) is 5.18. The molecule has 0 aliphatic carbocycles. The van der Waals surface area contributed by atoms with Gasteiger partial charge in [0, 0.05) is 31.7 Å². The van der Waals surface area contributed by atoms with Gasteiger partial charge in [-0.3, -0.25) is 4.79 Å². The number of aromatic amines is 2. The molecule has 0 bridgehead atoms. The van der Waals surface area contributed by atoms with Gasteiger partial charge in [-0.05, 0) is 31.7 Å². The molecule has 2 N–H and O–H groups in total. The van der Waals surface area contributed by atoms with Crippen molar-refractivity contribution >= 4 is 0 Å². The molecule has 1 saturated heterocycles. The van der Waals surface area contributed by atoms with E-state index in [4.69, 9.17) is 4.74 Å². The van der Waals surface area contributed by atoms with Crippen LogP contribution in [0.2, 0.25) is 0 Å². The Bertz CT molecular complexity index is 892. The Labute approximate surface area is 144 Å². The fourth-order valence-corrected chi connectivity index (χ4v) is 3.25. The molecule has 1 unspecified atom stereocenters. The van der Waals surface area contributed by atoms with E-state index in [0.29, 0.717) is 29.1 Å². The first-order valence-electron chi connectivity index (χ1n) is 8.46. The van der Waals surface area contributed by atoms with E-state index in [2.05, 4.69) is 32.0 Å². The van der Waals surface area contributed by atoms with Crippen LogP contribution in [0.25, 0.3) is 23.2 Å². The van der Waals surface area contributed by atoms with Gasteiger partial charge in [-0.1, -0.05) is 6.07 Å². The van der Waals surface area contributed by atoms with Gasteiger partial charge in [0.2, 0.25) is 11.4 Å². The molecule has 3 aromatic rings. The maximum atomic E-state index is 11.7. The molecule has 0 spiro atoms. The van der Waals surface area contributed by atoms with Crippen LogP contribution in [0.5, 0.6) is 0 Å². The van der Waals surface area contributed by atoms with Crippen molar-refractivity contribution in [3.05, 3.63) is 40.9 Å². The predicted molar refractivity (Wildman–Crippen MR) is 91.9 cm³/mol. The summed E-state index contributed by atoms with van der Waals surface area (Å²) in [7, 11) is 0. The third-order valence-electron chi connectivity index (χ3n) is 4.68. The molecule has 130 valence electrons. The van der Waals surface area contributed by atoms with Crippen LogP contribution in [0.1, 0.15) is 25.8 Å². The number of H-pyrrole nitrogens is 2. The van der Waals surface area contributed by atoms with Gasteiger partial charge in [-0.15, -0.1) is 5.10 Å². The molecule has 8 nitrogen and oxygen atoms in total. The van der Waals surface area contributed by atoms with Crippen LogP contribution in [-0.4, -0.2) is 42.9 Å².